The Morgan fingerprint density at radius 2 is 1.88 bits per heavy atom. The maximum Gasteiger partial charge on any atom is 0.277 e. The summed E-state index contributed by atoms with van der Waals surface area (Å²) in [7, 11) is 0. The standard InChI is InChI=1S/C19H21IN2O3/c1-2-3-11-24-17-7-9-18(10-8-17)25-14-19(23)22-21-13-15-5-4-6-16(20)12-15/h4-10,12-13H,2-3,11,14H2,1H3,(H,22,23). The molecule has 0 aliphatic heterocycles. The smallest absolute Gasteiger partial charge is 0.277 e. The molecule has 2 rings (SSSR count). The molecule has 0 bridgehead atoms. The first-order chi connectivity index (χ1) is 12.2. The molecule has 0 atom stereocenters. The highest BCUT2D eigenvalue weighted by Gasteiger charge is 2.02. The minimum atomic E-state index is -0.315. The second-order valence-corrected chi connectivity index (χ2v) is 6.56. The lowest BCUT2D eigenvalue weighted by Gasteiger charge is -2.07. The van der Waals surface area contributed by atoms with E-state index >= 15 is 0 Å². The Morgan fingerprint density at radius 1 is 1.16 bits per heavy atom. The number of amides is 1. The monoisotopic (exact) mass is 452 g/mol. The van der Waals surface area contributed by atoms with Crippen molar-refractivity contribution < 1.29 is 14.3 Å². The normalized spacial score (nSPS) is 10.6. The molecule has 0 unspecified atom stereocenters. The van der Waals surface area contributed by atoms with E-state index in [1.165, 1.54) is 0 Å². The van der Waals surface area contributed by atoms with E-state index in [9.17, 15) is 4.79 Å². The van der Waals surface area contributed by atoms with Crippen LogP contribution < -0.4 is 14.9 Å². The summed E-state index contributed by atoms with van der Waals surface area (Å²) in [6.45, 7) is 2.73. The summed E-state index contributed by atoms with van der Waals surface area (Å²) in [6.07, 6.45) is 3.73. The molecule has 2 aromatic rings. The van der Waals surface area contributed by atoms with Crippen molar-refractivity contribution in [3.63, 3.8) is 0 Å². The average Bonchev–Trinajstić information content (AvgIpc) is 2.61. The molecule has 1 N–H and O–H groups in total. The van der Waals surface area contributed by atoms with E-state index in [0.29, 0.717) is 12.4 Å². The maximum absolute atomic E-state index is 11.7. The molecule has 2 aromatic carbocycles. The Labute approximate surface area is 161 Å². The molecule has 0 saturated carbocycles. The predicted molar refractivity (Wildman–Crippen MR) is 107 cm³/mol. The molecule has 5 nitrogen and oxygen atoms in total. The second kappa shape index (κ2) is 10.7. The largest absolute Gasteiger partial charge is 0.494 e. The molecule has 0 fully saturated rings. The lowest BCUT2D eigenvalue weighted by molar-refractivity contribution is -0.123. The first-order valence-corrected chi connectivity index (χ1v) is 9.18. The molecule has 0 radical (unpaired) electrons. The second-order valence-electron chi connectivity index (χ2n) is 5.31. The van der Waals surface area contributed by atoms with Gasteiger partial charge in [-0.3, -0.25) is 4.79 Å². The third-order valence-electron chi connectivity index (χ3n) is 3.21. The van der Waals surface area contributed by atoms with Gasteiger partial charge in [0.25, 0.3) is 5.91 Å². The van der Waals surface area contributed by atoms with Crippen LogP contribution in [0, 0.1) is 3.57 Å². The van der Waals surface area contributed by atoms with Gasteiger partial charge in [0.15, 0.2) is 6.61 Å². The van der Waals surface area contributed by atoms with E-state index in [2.05, 4.69) is 40.0 Å². The molecular weight excluding hydrogens is 431 g/mol. The molecular formula is C19H21IN2O3. The van der Waals surface area contributed by atoms with Crippen LogP contribution in [0.15, 0.2) is 53.6 Å². The average molecular weight is 452 g/mol. The van der Waals surface area contributed by atoms with Crippen molar-refractivity contribution in [2.24, 2.45) is 5.10 Å². The Bertz CT molecular complexity index is 702. The van der Waals surface area contributed by atoms with Crippen molar-refractivity contribution in [2.45, 2.75) is 19.8 Å². The van der Waals surface area contributed by atoms with Crippen LogP contribution in [0.4, 0.5) is 0 Å². The van der Waals surface area contributed by atoms with Crippen LogP contribution >= 0.6 is 22.6 Å². The van der Waals surface area contributed by atoms with Crippen molar-refractivity contribution in [1.29, 1.82) is 0 Å². The van der Waals surface area contributed by atoms with Gasteiger partial charge in [0.05, 0.1) is 12.8 Å². The van der Waals surface area contributed by atoms with Crippen molar-refractivity contribution in [1.82, 2.24) is 5.43 Å². The molecule has 0 aromatic heterocycles. The van der Waals surface area contributed by atoms with Gasteiger partial charge in [-0.1, -0.05) is 25.5 Å². The summed E-state index contributed by atoms with van der Waals surface area (Å²) in [5.74, 6) is 1.09. The van der Waals surface area contributed by atoms with E-state index in [1.807, 2.05) is 36.4 Å². The fraction of sp³-hybridized carbons (Fsp3) is 0.263. The number of nitrogens with one attached hydrogen (secondary N) is 1. The molecule has 0 aliphatic carbocycles. The maximum atomic E-state index is 11.7. The number of hydrazone groups is 1. The van der Waals surface area contributed by atoms with Gasteiger partial charge in [-0.05, 0) is 71.0 Å². The fourth-order valence-corrected chi connectivity index (χ4v) is 2.48. The summed E-state index contributed by atoms with van der Waals surface area (Å²) in [5.41, 5.74) is 3.37. The summed E-state index contributed by atoms with van der Waals surface area (Å²) in [4.78, 5) is 11.7. The van der Waals surface area contributed by atoms with Gasteiger partial charge in [-0.2, -0.15) is 5.10 Å². The number of rotatable bonds is 9. The molecule has 0 spiro atoms. The first-order valence-electron chi connectivity index (χ1n) is 8.10. The van der Waals surface area contributed by atoms with Gasteiger partial charge in [0.2, 0.25) is 0 Å². The molecule has 0 saturated heterocycles. The minimum absolute atomic E-state index is 0.0975. The third-order valence-corrected chi connectivity index (χ3v) is 3.88. The van der Waals surface area contributed by atoms with E-state index in [1.54, 1.807) is 18.3 Å². The molecule has 6 heteroatoms. The van der Waals surface area contributed by atoms with E-state index in [0.717, 1.165) is 27.7 Å². The Hall–Kier alpha value is -2.09. The number of hydrogen-bond acceptors (Lipinski definition) is 4. The molecule has 132 valence electrons. The minimum Gasteiger partial charge on any atom is -0.494 e. The van der Waals surface area contributed by atoms with Gasteiger partial charge in [0, 0.05) is 3.57 Å². The van der Waals surface area contributed by atoms with Crippen molar-refractivity contribution >= 4 is 34.7 Å². The highest BCUT2D eigenvalue weighted by molar-refractivity contribution is 14.1. The topological polar surface area (TPSA) is 59.9 Å². The van der Waals surface area contributed by atoms with E-state index in [4.69, 9.17) is 9.47 Å². The van der Waals surface area contributed by atoms with Crippen LogP contribution in [-0.2, 0) is 4.79 Å². The van der Waals surface area contributed by atoms with E-state index < -0.39 is 0 Å². The third kappa shape index (κ3) is 7.55. The van der Waals surface area contributed by atoms with Crippen molar-refractivity contribution in [2.75, 3.05) is 13.2 Å². The molecule has 1 amide bonds. The van der Waals surface area contributed by atoms with Crippen molar-refractivity contribution in [3.8, 4) is 11.5 Å². The van der Waals surface area contributed by atoms with Crippen LogP contribution in [0.5, 0.6) is 11.5 Å². The number of halogens is 1. The van der Waals surface area contributed by atoms with Crippen LogP contribution in [0.25, 0.3) is 0 Å². The van der Waals surface area contributed by atoms with Crippen molar-refractivity contribution in [3.05, 3.63) is 57.7 Å². The predicted octanol–water partition coefficient (Wildman–Crippen LogP) is 4.00. The number of ether oxygens (including phenoxy) is 2. The quantitative estimate of drug-likeness (QED) is 0.271. The highest BCUT2D eigenvalue weighted by Crippen LogP contribution is 2.17. The van der Waals surface area contributed by atoms with Gasteiger partial charge in [-0.25, -0.2) is 5.43 Å². The van der Waals surface area contributed by atoms with Gasteiger partial charge in [-0.15, -0.1) is 0 Å². The number of carbonyl (C=O) groups excluding carboxylic acids is 1. The zero-order chi connectivity index (χ0) is 17.9. The van der Waals surface area contributed by atoms with Gasteiger partial charge >= 0.3 is 0 Å². The summed E-state index contributed by atoms with van der Waals surface area (Å²) < 4.78 is 12.1. The SMILES string of the molecule is CCCCOc1ccc(OCC(=O)NN=Cc2cccc(I)c2)cc1. The fourth-order valence-electron chi connectivity index (χ4n) is 1.91. The first kappa shape index (κ1) is 19.2. The molecule has 25 heavy (non-hydrogen) atoms. The van der Waals surface area contributed by atoms with E-state index in [-0.39, 0.29) is 12.5 Å². The van der Waals surface area contributed by atoms with Gasteiger partial charge < -0.3 is 9.47 Å². The van der Waals surface area contributed by atoms with Crippen LogP contribution in [0.2, 0.25) is 0 Å². The van der Waals surface area contributed by atoms with Crippen LogP contribution in [-0.4, -0.2) is 25.3 Å². The Balaban J connectivity index is 1.72. The lowest BCUT2D eigenvalue weighted by atomic mass is 10.2. The molecule has 0 heterocycles. The number of carbonyl (C=O) groups is 1. The van der Waals surface area contributed by atoms with Crippen LogP contribution in [0.1, 0.15) is 25.3 Å². The highest BCUT2D eigenvalue weighted by atomic mass is 127. The lowest BCUT2D eigenvalue weighted by Crippen LogP contribution is -2.24. The number of hydrogen-bond donors (Lipinski definition) is 1. The molecule has 0 aliphatic rings. The zero-order valence-corrected chi connectivity index (χ0v) is 16.2. The van der Waals surface area contributed by atoms with Gasteiger partial charge in [0.1, 0.15) is 11.5 Å². The number of unbranched alkanes of at least 4 members (excludes halogenated alkanes) is 1. The Morgan fingerprint density at radius 3 is 2.56 bits per heavy atom. The summed E-state index contributed by atoms with van der Waals surface area (Å²) in [5, 5.41) is 3.92. The number of nitrogens with zero attached hydrogens (tertiary/aromatic N) is 1. The van der Waals surface area contributed by atoms with Crippen LogP contribution in [0.3, 0.4) is 0 Å². The Kier molecular flexibility index (Phi) is 8.24. The zero-order valence-electron chi connectivity index (χ0n) is 14.1. The number of benzene rings is 2. The summed E-state index contributed by atoms with van der Waals surface area (Å²) >= 11 is 2.22. The summed E-state index contributed by atoms with van der Waals surface area (Å²) in [6, 6.07) is 15.0.